The van der Waals surface area contributed by atoms with Crippen LogP contribution in [0.3, 0.4) is 0 Å². The molecule has 0 unspecified atom stereocenters. The average molecular weight is 301 g/mol. The maximum Gasteiger partial charge on any atom is 0.224 e. The molecular weight excluding hydrogens is 278 g/mol. The normalized spacial score (nSPS) is 36.7. The minimum Gasteiger partial charge on any atom is -0.350 e. The van der Waals surface area contributed by atoms with E-state index in [4.69, 9.17) is 0 Å². The Morgan fingerprint density at radius 3 is 2.10 bits per heavy atom. The summed E-state index contributed by atoms with van der Waals surface area (Å²) in [6.07, 6.45) is 8.41. The number of nitrogens with one attached hydrogen (secondary N) is 1. The van der Waals surface area contributed by atoms with Gasteiger partial charge in [0.2, 0.25) is 5.91 Å². The highest BCUT2D eigenvalue weighted by Crippen LogP contribution is 2.55. The number of rotatable bonds is 3. The van der Waals surface area contributed by atoms with Crippen LogP contribution in [0, 0.1) is 17.8 Å². The maximum atomic E-state index is 12.5. The summed E-state index contributed by atoms with van der Waals surface area (Å²) in [5.41, 5.74) is 1.21. The molecule has 1 aromatic carbocycles. The largest absolute Gasteiger partial charge is 0.350 e. The molecule has 0 spiro atoms. The predicted octanol–water partition coefficient (Wildman–Crippen LogP) is 3.60. The highest BCUT2D eigenvalue weighted by atomic mass is 32.1. The van der Waals surface area contributed by atoms with Crippen LogP contribution in [0.1, 0.15) is 44.1 Å². The first-order valence-electron chi connectivity index (χ1n) is 8.19. The molecule has 2 nitrogen and oxygen atoms in total. The molecular formula is C18H23NOS. The molecule has 4 fully saturated rings. The minimum absolute atomic E-state index is 0.134. The van der Waals surface area contributed by atoms with Gasteiger partial charge in [-0.1, -0.05) is 12.1 Å². The standard InChI is InChI=1S/C18H23NOS/c20-17(8-12-1-3-16(21)4-2-12)19-18-9-13-5-14(10-18)7-15(6-13)11-18/h1-4,13-15,21H,5-11H2,(H,19,20). The molecule has 4 aliphatic rings. The third-order valence-electron chi connectivity index (χ3n) is 5.74. The lowest BCUT2D eigenvalue weighted by Gasteiger charge is -2.56. The molecule has 1 amide bonds. The Bertz CT molecular complexity index is 516. The topological polar surface area (TPSA) is 29.1 Å². The summed E-state index contributed by atoms with van der Waals surface area (Å²) in [6, 6.07) is 7.91. The van der Waals surface area contributed by atoms with Crippen LogP contribution in [0.15, 0.2) is 29.2 Å². The van der Waals surface area contributed by atoms with Gasteiger partial charge in [0, 0.05) is 10.4 Å². The third-order valence-corrected chi connectivity index (χ3v) is 6.04. The maximum absolute atomic E-state index is 12.5. The van der Waals surface area contributed by atoms with Crippen LogP contribution in [0.5, 0.6) is 0 Å². The zero-order chi connectivity index (χ0) is 14.4. The van der Waals surface area contributed by atoms with Gasteiger partial charge < -0.3 is 5.32 Å². The smallest absolute Gasteiger partial charge is 0.224 e. The zero-order valence-electron chi connectivity index (χ0n) is 12.3. The average Bonchev–Trinajstić information content (AvgIpc) is 2.39. The van der Waals surface area contributed by atoms with Crippen molar-refractivity contribution < 1.29 is 4.79 Å². The van der Waals surface area contributed by atoms with E-state index >= 15 is 0 Å². The molecule has 5 rings (SSSR count). The van der Waals surface area contributed by atoms with E-state index in [0.717, 1.165) is 28.2 Å². The molecule has 4 bridgehead atoms. The summed E-state index contributed by atoms with van der Waals surface area (Å²) < 4.78 is 0. The number of hydrogen-bond donors (Lipinski definition) is 2. The van der Waals surface area contributed by atoms with Gasteiger partial charge in [0.15, 0.2) is 0 Å². The SMILES string of the molecule is O=C(Cc1ccc(S)cc1)NC12CC3CC(CC(C3)C1)C2. The number of thiol groups is 1. The molecule has 3 heteroatoms. The van der Waals surface area contributed by atoms with E-state index in [2.05, 4.69) is 17.9 Å². The van der Waals surface area contributed by atoms with Crippen molar-refractivity contribution in [3.8, 4) is 0 Å². The van der Waals surface area contributed by atoms with Gasteiger partial charge in [0.25, 0.3) is 0 Å². The Morgan fingerprint density at radius 2 is 1.57 bits per heavy atom. The fraction of sp³-hybridized carbons (Fsp3) is 0.611. The molecule has 112 valence electrons. The highest BCUT2D eigenvalue weighted by molar-refractivity contribution is 7.80. The number of carbonyl (C=O) groups excluding carboxylic acids is 1. The van der Waals surface area contributed by atoms with Gasteiger partial charge in [-0.15, -0.1) is 12.6 Å². The highest BCUT2D eigenvalue weighted by Gasteiger charge is 2.51. The number of benzene rings is 1. The van der Waals surface area contributed by atoms with Gasteiger partial charge in [-0.3, -0.25) is 4.79 Å². The summed E-state index contributed by atoms with van der Waals surface area (Å²) in [5.74, 6) is 2.82. The molecule has 0 atom stereocenters. The zero-order valence-corrected chi connectivity index (χ0v) is 13.2. The Morgan fingerprint density at radius 1 is 1.05 bits per heavy atom. The third kappa shape index (κ3) is 2.73. The van der Waals surface area contributed by atoms with E-state index < -0.39 is 0 Å². The van der Waals surface area contributed by atoms with E-state index in [1.807, 2.05) is 24.3 Å². The molecule has 1 N–H and O–H groups in total. The van der Waals surface area contributed by atoms with Crippen molar-refractivity contribution in [3.05, 3.63) is 29.8 Å². The van der Waals surface area contributed by atoms with E-state index in [1.165, 1.54) is 38.5 Å². The molecule has 21 heavy (non-hydrogen) atoms. The van der Waals surface area contributed by atoms with E-state index in [9.17, 15) is 4.79 Å². The van der Waals surface area contributed by atoms with Crippen LogP contribution < -0.4 is 5.32 Å². The van der Waals surface area contributed by atoms with Crippen molar-refractivity contribution in [1.82, 2.24) is 5.32 Å². The Kier molecular flexibility index (Phi) is 3.29. The van der Waals surface area contributed by atoms with Gasteiger partial charge in [0.05, 0.1) is 6.42 Å². The Balaban J connectivity index is 1.43. The molecule has 4 aliphatic carbocycles. The van der Waals surface area contributed by atoms with Gasteiger partial charge in [-0.25, -0.2) is 0 Å². The van der Waals surface area contributed by atoms with Crippen molar-refractivity contribution in [2.45, 2.75) is 55.4 Å². The number of hydrogen-bond acceptors (Lipinski definition) is 2. The van der Waals surface area contributed by atoms with Crippen LogP contribution in [0.25, 0.3) is 0 Å². The number of amides is 1. The van der Waals surface area contributed by atoms with Crippen molar-refractivity contribution in [1.29, 1.82) is 0 Å². The molecule has 0 heterocycles. The van der Waals surface area contributed by atoms with Gasteiger partial charge >= 0.3 is 0 Å². The van der Waals surface area contributed by atoms with E-state index in [-0.39, 0.29) is 11.4 Å². The van der Waals surface area contributed by atoms with Crippen molar-refractivity contribution >= 4 is 18.5 Å². The van der Waals surface area contributed by atoms with Crippen LogP contribution in [-0.2, 0) is 11.2 Å². The summed E-state index contributed by atoms with van der Waals surface area (Å²) in [5, 5.41) is 3.43. The molecule has 4 saturated carbocycles. The second-order valence-corrected chi connectivity index (χ2v) is 8.11. The molecule has 0 radical (unpaired) electrons. The van der Waals surface area contributed by atoms with Crippen LogP contribution >= 0.6 is 12.6 Å². The van der Waals surface area contributed by atoms with Gasteiger partial charge in [-0.2, -0.15) is 0 Å². The lowest BCUT2D eigenvalue weighted by atomic mass is 9.53. The van der Waals surface area contributed by atoms with Crippen molar-refractivity contribution in [3.63, 3.8) is 0 Å². The second kappa shape index (κ2) is 5.05. The lowest BCUT2D eigenvalue weighted by Crippen LogP contribution is -2.60. The minimum atomic E-state index is 0.134. The van der Waals surface area contributed by atoms with E-state index in [1.54, 1.807) is 0 Å². The first-order chi connectivity index (χ1) is 10.1. The Hall–Kier alpha value is -0.960. The summed E-state index contributed by atoms with van der Waals surface area (Å²) in [4.78, 5) is 13.4. The predicted molar refractivity (Wildman–Crippen MR) is 86.4 cm³/mol. The molecule has 1 aromatic rings. The van der Waals surface area contributed by atoms with Crippen LogP contribution in [0.2, 0.25) is 0 Å². The summed E-state index contributed by atoms with van der Waals surface area (Å²) in [6.45, 7) is 0. The van der Waals surface area contributed by atoms with E-state index in [0.29, 0.717) is 6.42 Å². The quantitative estimate of drug-likeness (QED) is 0.821. The molecule has 0 aliphatic heterocycles. The van der Waals surface area contributed by atoms with Gasteiger partial charge in [-0.05, 0) is 74.0 Å². The second-order valence-electron chi connectivity index (χ2n) is 7.59. The fourth-order valence-corrected chi connectivity index (χ4v) is 5.55. The van der Waals surface area contributed by atoms with Gasteiger partial charge in [0.1, 0.15) is 0 Å². The number of carbonyl (C=O) groups is 1. The molecule has 0 saturated heterocycles. The first-order valence-corrected chi connectivity index (χ1v) is 8.64. The molecule has 0 aromatic heterocycles. The fourth-order valence-electron chi connectivity index (χ4n) is 5.40. The van der Waals surface area contributed by atoms with Crippen LogP contribution in [-0.4, -0.2) is 11.4 Å². The monoisotopic (exact) mass is 301 g/mol. The Labute approximate surface area is 132 Å². The lowest BCUT2D eigenvalue weighted by molar-refractivity contribution is -0.126. The van der Waals surface area contributed by atoms with Crippen molar-refractivity contribution in [2.75, 3.05) is 0 Å². The van der Waals surface area contributed by atoms with Crippen molar-refractivity contribution in [2.24, 2.45) is 17.8 Å². The summed E-state index contributed by atoms with van der Waals surface area (Å²) in [7, 11) is 0. The summed E-state index contributed by atoms with van der Waals surface area (Å²) >= 11 is 4.29. The first kappa shape index (κ1) is 13.7. The van der Waals surface area contributed by atoms with Crippen LogP contribution in [0.4, 0.5) is 0 Å².